The highest BCUT2D eigenvalue weighted by Crippen LogP contribution is 2.04. The summed E-state index contributed by atoms with van der Waals surface area (Å²) in [7, 11) is 0. The maximum atomic E-state index is 3.84. The van der Waals surface area contributed by atoms with Gasteiger partial charge in [0.1, 0.15) is 0 Å². The van der Waals surface area contributed by atoms with E-state index in [9.17, 15) is 0 Å². The summed E-state index contributed by atoms with van der Waals surface area (Å²) in [5.41, 5.74) is 0. The van der Waals surface area contributed by atoms with E-state index in [0.29, 0.717) is 0 Å². The fraction of sp³-hybridized carbons (Fsp3) is 0.688. The zero-order valence-corrected chi connectivity index (χ0v) is 11.1. The standard InChI is InChI=1S/C16H29/c1-3-5-7-9-11-13-15-16-14-12-10-8-6-4-2/h8,10-11,13H,1,3-7,9,12,14-16H2,2H3. The first-order chi connectivity index (χ1) is 7.91. The molecule has 0 rings (SSSR count). The van der Waals surface area contributed by atoms with Crippen molar-refractivity contribution in [2.75, 3.05) is 0 Å². The summed E-state index contributed by atoms with van der Waals surface area (Å²) < 4.78 is 0. The molecule has 0 nitrogen and oxygen atoms in total. The van der Waals surface area contributed by atoms with Crippen LogP contribution in [0.15, 0.2) is 24.3 Å². The summed E-state index contributed by atoms with van der Waals surface area (Å²) in [5, 5.41) is 0. The molecular formula is C16H29. The minimum absolute atomic E-state index is 1.08. The van der Waals surface area contributed by atoms with Gasteiger partial charge in [0.2, 0.25) is 0 Å². The van der Waals surface area contributed by atoms with Crippen molar-refractivity contribution in [2.45, 2.75) is 71.1 Å². The van der Waals surface area contributed by atoms with E-state index < -0.39 is 0 Å². The van der Waals surface area contributed by atoms with Crippen LogP contribution in [0, 0.1) is 6.92 Å². The van der Waals surface area contributed by atoms with Gasteiger partial charge in [-0.3, -0.25) is 0 Å². The van der Waals surface area contributed by atoms with Gasteiger partial charge in [0.25, 0.3) is 0 Å². The minimum atomic E-state index is 1.08. The Morgan fingerprint density at radius 3 is 1.56 bits per heavy atom. The molecule has 0 heteroatoms. The molecule has 0 aromatic carbocycles. The third-order valence-corrected chi connectivity index (χ3v) is 2.65. The molecule has 0 aliphatic heterocycles. The molecule has 0 aliphatic carbocycles. The lowest BCUT2D eigenvalue weighted by atomic mass is 10.1. The molecule has 93 valence electrons. The molecular weight excluding hydrogens is 192 g/mol. The van der Waals surface area contributed by atoms with Gasteiger partial charge < -0.3 is 0 Å². The third-order valence-electron chi connectivity index (χ3n) is 2.65. The molecule has 0 N–H and O–H groups in total. The Hall–Kier alpha value is -0.520. The molecule has 0 spiro atoms. The van der Waals surface area contributed by atoms with Gasteiger partial charge in [0.05, 0.1) is 0 Å². The van der Waals surface area contributed by atoms with Gasteiger partial charge in [0.15, 0.2) is 0 Å². The van der Waals surface area contributed by atoms with Crippen LogP contribution in [0.5, 0.6) is 0 Å². The largest absolute Gasteiger partial charge is 0.0885 e. The van der Waals surface area contributed by atoms with E-state index in [2.05, 4.69) is 38.2 Å². The van der Waals surface area contributed by atoms with Crippen LogP contribution in [0.4, 0.5) is 0 Å². The molecule has 0 aromatic rings. The van der Waals surface area contributed by atoms with Crippen molar-refractivity contribution in [3.63, 3.8) is 0 Å². The summed E-state index contributed by atoms with van der Waals surface area (Å²) in [5.74, 6) is 0. The Bertz CT molecular complexity index is 165. The smallest absolute Gasteiger partial charge is 0.0351 e. The zero-order chi connectivity index (χ0) is 11.9. The Morgan fingerprint density at radius 1 is 0.688 bits per heavy atom. The fourth-order valence-electron chi connectivity index (χ4n) is 1.60. The van der Waals surface area contributed by atoms with Crippen molar-refractivity contribution < 1.29 is 0 Å². The molecule has 16 heavy (non-hydrogen) atoms. The molecule has 1 radical (unpaired) electrons. The highest BCUT2D eigenvalue weighted by Gasteiger charge is 1.84. The quantitative estimate of drug-likeness (QED) is 0.303. The SMILES string of the molecule is [CH2]CCCCC=CCCCCC=CCCC. The van der Waals surface area contributed by atoms with Crippen LogP contribution in [-0.2, 0) is 0 Å². The van der Waals surface area contributed by atoms with Crippen LogP contribution in [0.1, 0.15) is 71.1 Å². The molecule has 0 saturated carbocycles. The topological polar surface area (TPSA) is 0 Å². The van der Waals surface area contributed by atoms with E-state index in [1.807, 2.05) is 0 Å². The maximum absolute atomic E-state index is 3.84. The van der Waals surface area contributed by atoms with Gasteiger partial charge >= 0.3 is 0 Å². The Morgan fingerprint density at radius 2 is 1.12 bits per heavy atom. The second kappa shape index (κ2) is 14.5. The lowest BCUT2D eigenvalue weighted by molar-refractivity contribution is 0.743. The second-order valence-corrected chi connectivity index (χ2v) is 4.37. The number of rotatable bonds is 11. The number of unbranched alkanes of at least 4 members (excludes halogenated alkanes) is 7. The maximum Gasteiger partial charge on any atom is -0.0351 e. The predicted molar refractivity (Wildman–Crippen MR) is 75.5 cm³/mol. The predicted octanol–water partition coefficient (Wildman–Crippen LogP) is 5.85. The molecule has 0 aromatic heterocycles. The van der Waals surface area contributed by atoms with Crippen LogP contribution in [0.25, 0.3) is 0 Å². The van der Waals surface area contributed by atoms with Crippen molar-refractivity contribution in [3.8, 4) is 0 Å². The fourth-order valence-corrected chi connectivity index (χ4v) is 1.60. The van der Waals surface area contributed by atoms with Crippen molar-refractivity contribution in [2.24, 2.45) is 0 Å². The van der Waals surface area contributed by atoms with Crippen molar-refractivity contribution >= 4 is 0 Å². The second-order valence-electron chi connectivity index (χ2n) is 4.37. The molecule has 0 bridgehead atoms. The van der Waals surface area contributed by atoms with E-state index in [-0.39, 0.29) is 0 Å². The lowest BCUT2D eigenvalue weighted by Gasteiger charge is -1.94. The average Bonchev–Trinajstić information content (AvgIpc) is 2.31. The highest BCUT2D eigenvalue weighted by molar-refractivity contribution is 4.83. The van der Waals surface area contributed by atoms with Gasteiger partial charge in [-0.15, -0.1) is 0 Å². The average molecular weight is 221 g/mol. The Balaban J connectivity index is 3.08. The van der Waals surface area contributed by atoms with E-state index >= 15 is 0 Å². The number of allylic oxidation sites excluding steroid dienone is 4. The normalized spacial score (nSPS) is 11.9. The van der Waals surface area contributed by atoms with Crippen LogP contribution in [0.2, 0.25) is 0 Å². The number of hydrogen-bond donors (Lipinski definition) is 0. The summed E-state index contributed by atoms with van der Waals surface area (Å²) in [6.45, 7) is 6.07. The van der Waals surface area contributed by atoms with Crippen LogP contribution >= 0.6 is 0 Å². The van der Waals surface area contributed by atoms with Gasteiger partial charge in [-0.1, -0.05) is 57.4 Å². The van der Waals surface area contributed by atoms with Crippen molar-refractivity contribution in [1.82, 2.24) is 0 Å². The Kier molecular flexibility index (Phi) is 14.0. The third kappa shape index (κ3) is 13.5. The summed E-state index contributed by atoms with van der Waals surface area (Å²) in [4.78, 5) is 0. The first-order valence-corrected chi connectivity index (χ1v) is 7.01. The highest BCUT2D eigenvalue weighted by atomic mass is 13.9. The number of hydrogen-bond acceptors (Lipinski definition) is 0. The minimum Gasteiger partial charge on any atom is -0.0885 e. The molecule has 0 amide bonds. The summed E-state index contributed by atoms with van der Waals surface area (Å²) in [6, 6.07) is 0. The van der Waals surface area contributed by atoms with Crippen molar-refractivity contribution in [3.05, 3.63) is 31.2 Å². The molecule has 0 heterocycles. The molecule has 0 unspecified atom stereocenters. The molecule has 0 aliphatic rings. The molecule has 0 fully saturated rings. The zero-order valence-electron chi connectivity index (χ0n) is 11.1. The first-order valence-electron chi connectivity index (χ1n) is 7.01. The summed E-state index contributed by atoms with van der Waals surface area (Å²) >= 11 is 0. The monoisotopic (exact) mass is 221 g/mol. The van der Waals surface area contributed by atoms with Crippen LogP contribution in [0.3, 0.4) is 0 Å². The van der Waals surface area contributed by atoms with Crippen LogP contribution < -0.4 is 0 Å². The van der Waals surface area contributed by atoms with Crippen molar-refractivity contribution in [1.29, 1.82) is 0 Å². The van der Waals surface area contributed by atoms with Crippen LogP contribution in [-0.4, -0.2) is 0 Å². The van der Waals surface area contributed by atoms with E-state index in [0.717, 1.165) is 6.42 Å². The van der Waals surface area contributed by atoms with E-state index in [1.54, 1.807) is 0 Å². The lowest BCUT2D eigenvalue weighted by Crippen LogP contribution is -1.74. The van der Waals surface area contributed by atoms with Gasteiger partial charge in [-0.25, -0.2) is 0 Å². The van der Waals surface area contributed by atoms with Gasteiger partial charge in [0, 0.05) is 0 Å². The Labute approximate surface area is 103 Å². The van der Waals surface area contributed by atoms with E-state index in [4.69, 9.17) is 0 Å². The summed E-state index contributed by atoms with van der Waals surface area (Å²) in [6.07, 6.45) is 21.9. The van der Waals surface area contributed by atoms with Gasteiger partial charge in [-0.2, -0.15) is 0 Å². The molecule has 0 atom stereocenters. The van der Waals surface area contributed by atoms with E-state index in [1.165, 1.54) is 57.8 Å². The first kappa shape index (κ1) is 15.5. The van der Waals surface area contributed by atoms with Gasteiger partial charge in [-0.05, 0) is 44.9 Å². The molecule has 0 saturated heterocycles.